The molecular weight excluding hydrogens is 370 g/mol. The SMILES string of the molecule is O=c1c2ccccc2c(C=Nc2ccccc2Cl)c(O)n1-c1nccs1. The van der Waals surface area contributed by atoms with Crippen LogP contribution in [0.25, 0.3) is 15.9 Å². The van der Waals surface area contributed by atoms with Gasteiger partial charge in [0.1, 0.15) is 0 Å². The van der Waals surface area contributed by atoms with Crippen LogP contribution < -0.4 is 5.56 Å². The zero-order valence-corrected chi connectivity index (χ0v) is 14.9. The molecule has 26 heavy (non-hydrogen) atoms. The summed E-state index contributed by atoms with van der Waals surface area (Å²) in [7, 11) is 0. The predicted molar refractivity (Wildman–Crippen MR) is 106 cm³/mol. The monoisotopic (exact) mass is 381 g/mol. The van der Waals surface area contributed by atoms with Crippen molar-refractivity contribution < 1.29 is 5.11 Å². The standard InChI is InChI=1S/C19H12ClN3O2S/c20-15-7-3-4-8-16(15)22-11-14-12-5-1-2-6-13(12)17(24)23(18(14)25)19-21-9-10-26-19/h1-11,25H. The maximum absolute atomic E-state index is 12.8. The maximum atomic E-state index is 12.8. The molecule has 0 spiro atoms. The topological polar surface area (TPSA) is 67.5 Å². The third kappa shape index (κ3) is 2.79. The van der Waals surface area contributed by atoms with Crippen LogP contribution in [0.4, 0.5) is 5.69 Å². The van der Waals surface area contributed by atoms with Crippen LogP contribution >= 0.6 is 22.9 Å². The Kier molecular flexibility index (Phi) is 4.28. The zero-order chi connectivity index (χ0) is 18.1. The van der Waals surface area contributed by atoms with E-state index in [-0.39, 0.29) is 11.4 Å². The summed E-state index contributed by atoms with van der Waals surface area (Å²) in [6.07, 6.45) is 3.10. The smallest absolute Gasteiger partial charge is 0.267 e. The Balaban J connectivity index is 2.00. The minimum Gasteiger partial charge on any atom is -0.494 e. The molecule has 0 saturated heterocycles. The van der Waals surface area contributed by atoms with Crippen molar-refractivity contribution in [1.29, 1.82) is 0 Å². The molecule has 0 bridgehead atoms. The van der Waals surface area contributed by atoms with Crippen LogP contribution in [0.5, 0.6) is 5.88 Å². The summed E-state index contributed by atoms with van der Waals surface area (Å²) in [5.74, 6) is -0.209. The second-order valence-corrected chi connectivity index (χ2v) is 6.73. The van der Waals surface area contributed by atoms with E-state index >= 15 is 0 Å². The Morgan fingerprint density at radius 2 is 1.85 bits per heavy atom. The van der Waals surface area contributed by atoms with Crippen LogP contribution in [0.3, 0.4) is 0 Å². The third-order valence-corrected chi connectivity index (χ3v) is 4.98. The van der Waals surface area contributed by atoms with Gasteiger partial charge in [0.05, 0.1) is 16.3 Å². The van der Waals surface area contributed by atoms with Crippen molar-refractivity contribution in [2.75, 3.05) is 0 Å². The molecule has 0 atom stereocenters. The van der Waals surface area contributed by atoms with E-state index in [1.807, 2.05) is 18.2 Å². The highest BCUT2D eigenvalue weighted by Crippen LogP contribution is 2.28. The van der Waals surface area contributed by atoms with Crippen LogP contribution in [0.2, 0.25) is 5.02 Å². The minimum absolute atomic E-state index is 0.209. The predicted octanol–water partition coefficient (Wildman–Crippen LogP) is 4.56. The van der Waals surface area contributed by atoms with E-state index in [4.69, 9.17) is 11.6 Å². The van der Waals surface area contributed by atoms with E-state index in [0.717, 1.165) is 0 Å². The Bertz CT molecular complexity index is 1180. The van der Waals surface area contributed by atoms with E-state index < -0.39 is 0 Å². The second kappa shape index (κ2) is 6.74. The Morgan fingerprint density at radius 1 is 1.12 bits per heavy atom. The molecule has 0 amide bonds. The third-order valence-electron chi connectivity index (χ3n) is 3.90. The first-order valence-corrected chi connectivity index (χ1v) is 8.98. The molecule has 0 unspecified atom stereocenters. The van der Waals surface area contributed by atoms with Crippen LogP contribution in [0.1, 0.15) is 5.56 Å². The number of benzene rings is 2. The van der Waals surface area contributed by atoms with Crippen molar-refractivity contribution in [3.63, 3.8) is 0 Å². The number of rotatable bonds is 3. The van der Waals surface area contributed by atoms with Crippen LogP contribution in [-0.2, 0) is 0 Å². The van der Waals surface area contributed by atoms with Gasteiger partial charge >= 0.3 is 0 Å². The summed E-state index contributed by atoms with van der Waals surface area (Å²) < 4.78 is 1.20. The van der Waals surface area contributed by atoms with Crippen molar-refractivity contribution in [2.45, 2.75) is 0 Å². The van der Waals surface area contributed by atoms with Crippen LogP contribution in [0, 0.1) is 0 Å². The summed E-state index contributed by atoms with van der Waals surface area (Å²) in [6, 6.07) is 14.2. The molecule has 7 heteroatoms. The van der Waals surface area contributed by atoms with Crippen molar-refractivity contribution in [1.82, 2.24) is 9.55 Å². The van der Waals surface area contributed by atoms with E-state index in [1.165, 1.54) is 22.1 Å². The first-order valence-electron chi connectivity index (χ1n) is 7.72. The zero-order valence-electron chi connectivity index (χ0n) is 13.3. The molecule has 128 valence electrons. The highest BCUT2D eigenvalue weighted by molar-refractivity contribution is 7.12. The van der Waals surface area contributed by atoms with Gasteiger partial charge in [-0.05, 0) is 18.2 Å². The van der Waals surface area contributed by atoms with Crippen molar-refractivity contribution in [3.05, 3.63) is 81.0 Å². The van der Waals surface area contributed by atoms with Gasteiger partial charge in [0.2, 0.25) is 5.88 Å². The van der Waals surface area contributed by atoms with Crippen LogP contribution in [0.15, 0.2) is 69.9 Å². The van der Waals surface area contributed by atoms with E-state index in [0.29, 0.717) is 32.2 Å². The normalized spacial score (nSPS) is 11.4. The number of hydrogen-bond acceptors (Lipinski definition) is 5. The Hall–Kier alpha value is -2.96. The lowest BCUT2D eigenvalue weighted by molar-refractivity contribution is 0.436. The molecule has 0 saturated carbocycles. The van der Waals surface area contributed by atoms with E-state index in [2.05, 4.69) is 9.98 Å². The summed E-state index contributed by atoms with van der Waals surface area (Å²) in [6.45, 7) is 0. The first-order chi connectivity index (χ1) is 12.7. The van der Waals surface area contributed by atoms with Gasteiger partial charge in [0.15, 0.2) is 5.13 Å². The molecule has 0 radical (unpaired) electrons. The highest BCUT2D eigenvalue weighted by Gasteiger charge is 2.17. The fourth-order valence-electron chi connectivity index (χ4n) is 2.68. The number of hydrogen-bond donors (Lipinski definition) is 1. The van der Waals surface area contributed by atoms with Gasteiger partial charge in [-0.1, -0.05) is 41.9 Å². The van der Waals surface area contributed by atoms with Gasteiger partial charge < -0.3 is 5.11 Å². The molecule has 2 aromatic carbocycles. The van der Waals surface area contributed by atoms with Crippen molar-refractivity contribution >= 4 is 45.6 Å². The molecular formula is C19H12ClN3O2S. The molecule has 2 aromatic heterocycles. The number of thiazole rings is 1. The number of aliphatic imine (C=N–C) groups is 1. The molecule has 2 heterocycles. The Labute approximate surface area is 157 Å². The molecule has 5 nitrogen and oxygen atoms in total. The average Bonchev–Trinajstić information content (AvgIpc) is 3.17. The molecule has 4 aromatic rings. The molecule has 0 aliphatic carbocycles. The molecule has 0 fully saturated rings. The number of fused-ring (bicyclic) bond motifs is 1. The molecule has 0 aliphatic heterocycles. The lowest BCUT2D eigenvalue weighted by atomic mass is 10.1. The number of para-hydroxylation sites is 1. The maximum Gasteiger partial charge on any atom is 0.267 e. The molecule has 1 N–H and O–H groups in total. The number of halogens is 1. The number of aromatic nitrogens is 2. The summed E-state index contributed by atoms with van der Waals surface area (Å²) in [5.41, 5.74) is 0.669. The number of pyridine rings is 1. The van der Waals surface area contributed by atoms with Gasteiger partial charge in [-0.2, -0.15) is 0 Å². The summed E-state index contributed by atoms with van der Waals surface area (Å²) >= 11 is 7.41. The Morgan fingerprint density at radius 3 is 2.58 bits per heavy atom. The van der Waals surface area contributed by atoms with Gasteiger partial charge in [-0.15, -0.1) is 11.3 Å². The van der Waals surface area contributed by atoms with E-state index in [1.54, 1.807) is 41.9 Å². The quantitative estimate of drug-likeness (QED) is 0.529. The van der Waals surface area contributed by atoms with Crippen molar-refractivity contribution in [2.24, 2.45) is 4.99 Å². The summed E-state index contributed by atoms with van der Waals surface area (Å²) in [4.78, 5) is 21.4. The van der Waals surface area contributed by atoms with E-state index in [9.17, 15) is 9.90 Å². The average molecular weight is 382 g/mol. The van der Waals surface area contributed by atoms with Gasteiger partial charge in [0, 0.05) is 28.6 Å². The fraction of sp³-hybridized carbons (Fsp3) is 0. The van der Waals surface area contributed by atoms with Crippen LogP contribution in [-0.4, -0.2) is 20.9 Å². The number of aromatic hydroxyl groups is 1. The van der Waals surface area contributed by atoms with Crippen molar-refractivity contribution in [3.8, 4) is 11.0 Å². The minimum atomic E-state index is -0.331. The van der Waals surface area contributed by atoms with Gasteiger partial charge in [-0.3, -0.25) is 9.79 Å². The number of nitrogens with zero attached hydrogens (tertiary/aromatic N) is 3. The lowest BCUT2D eigenvalue weighted by Crippen LogP contribution is -2.19. The molecule has 0 aliphatic rings. The molecule has 4 rings (SSSR count). The van der Waals surface area contributed by atoms with Gasteiger partial charge in [0.25, 0.3) is 5.56 Å². The largest absolute Gasteiger partial charge is 0.494 e. The fourth-order valence-corrected chi connectivity index (χ4v) is 3.51. The second-order valence-electron chi connectivity index (χ2n) is 5.45. The highest BCUT2D eigenvalue weighted by atomic mass is 35.5. The lowest BCUT2D eigenvalue weighted by Gasteiger charge is -2.11. The summed E-state index contributed by atoms with van der Waals surface area (Å²) in [5, 5.41) is 14.5. The first kappa shape index (κ1) is 16.5. The van der Waals surface area contributed by atoms with Gasteiger partial charge in [-0.25, -0.2) is 9.55 Å².